The van der Waals surface area contributed by atoms with Crippen molar-refractivity contribution in [1.82, 2.24) is 9.97 Å². The van der Waals surface area contributed by atoms with Crippen LogP contribution < -0.4 is 4.90 Å². The van der Waals surface area contributed by atoms with Crippen molar-refractivity contribution < 1.29 is 4.74 Å². The van der Waals surface area contributed by atoms with Crippen molar-refractivity contribution in [3.05, 3.63) is 29.5 Å². The molecule has 2 heterocycles. The third kappa shape index (κ3) is 2.51. The first-order valence-corrected chi connectivity index (χ1v) is 6.84. The van der Waals surface area contributed by atoms with Gasteiger partial charge in [-0.05, 0) is 37.6 Å². The first-order chi connectivity index (χ1) is 9.13. The van der Waals surface area contributed by atoms with Crippen LogP contribution >= 0.6 is 11.6 Å². The lowest BCUT2D eigenvalue weighted by molar-refractivity contribution is -0.00537. The van der Waals surface area contributed by atoms with Crippen molar-refractivity contribution in [3.8, 4) is 0 Å². The summed E-state index contributed by atoms with van der Waals surface area (Å²) in [6, 6.07) is 7.95. The number of anilines is 1. The maximum atomic E-state index is 6.04. The molecule has 5 heteroatoms. The lowest BCUT2D eigenvalue weighted by Crippen LogP contribution is -2.46. The number of fused-ring (bicyclic) bond motifs is 1. The van der Waals surface area contributed by atoms with Gasteiger partial charge >= 0.3 is 0 Å². The third-order valence-electron chi connectivity index (χ3n) is 3.27. The van der Waals surface area contributed by atoms with Crippen LogP contribution in [0.1, 0.15) is 13.8 Å². The van der Waals surface area contributed by atoms with Crippen molar-refractivity contribution in [2.75, 3.05) is 18.0 Å². The van der Waals surface area contributed by atoms with E-state index in [1.807, 2.05) is 24.3 Å². The average molecular weight is 278 g/mol. The molecule has 0 N–H and O–H groups in total. The van der Waals surface area contributed by atoms with E-state index in [2.05, 4.69) is 28.7 Å². The van der Waals surface area contributed by atoms with Crippen LogP contribution in [0.2, 0.25) is 5.28 Å². The summed E-state index contributed by atoms with van der Waals surface area (Å²) in [7, 11) is 0. The lowest BCUT2D eigenvalue weighted by atomic mass is 10.2. The van der Waals surface area contributed by atoms with Crippen molar-refractivity contribution >= 4 is 28.3 Å². The molecule has 0 spiro atoms. The highest BCUT2D eigenvalue weighted by molar-refractivity contribution is 6.28. The predicted molar refractivity (Wildman–Crippen MR) is 76.8 cm³/mol. The summed E-state index contributed by atoms with van der Waals surface area (Å²) in [6.07, 6.45) is 0.382. The zero-order valence-electron chi connectivity index (χ0n) is 11.0. The average Bonchev–Trinajstić information content (AvgIpc) is 2.36. The van der Waals surface area contributed by atoms with Gasteiger partial charge in [0.15, 0.2) is 0 Å². The predicted octanol–water partition coefficient (Wildman–Crippen LogP) is 2.90. The zero-order chi connectivity index (χ0) is 13.4. The van der Waals surface area contributed by atoms with Crippen LogP contribution in [0.25, 0.3) is 10.9 Å². The van der Waals surface area contributed by atoms with E-state index in [1.165, 1.54) is 0 Å². The zero-order valence-corrected chi connectivity index (χ0v) is 11.8. The fourth-order valence-corrected chi connectivity index (χ4v) is 2.80. The third-order valence-corrected chi connectivity index (χ3v) is 3.44. The number of aromatic nitrogens is 2. The topological polar surface area (TPSA) is 38.2 Å². The second-order valence-electron chi connectivity index (χ2n) is 5.00. The summed E-state index contributed by atoms with van der Waals surface area (Å²) in [4.78, 5) is 10.9. The second kappa shape index (κ2) is 4.94. The second-order valence-corrected chi connectivity index (χ2v) is 5.33. The first-order valence-electron chi connectivity index (χ1n) is 6.46. The molecule has 4 nitrogen and oxygen atoms in total. The Hall–Kier alpha value is -1.39. The number of morpholine rings is 1. The summed E-state index contributed by atoms with van der Waals surface area (Å²) in [6.45, 7) is 5.80. The minimum absolute atomic E-state index is 0.191. The van der Waals surface area contributed by atoms with Crippen molar-refractivity contribution in [2.24, 2.45) is 0 Å². The normalized spacial score (nSPS) is 23.8. The molecule has 0 bridgehead atoms. The molecule has 19 heavy (non-hydrogen) atoms. The van der Waals surface area contributed by atoms with Crippen molar-refractivity contribution in [1.29, 1.82) is 0 Å². The Morgan fingerprint density at radius 2 is 1.84 bits per heavy atom. The molecule has 1 fully saturated rings. The number of hydrogen-bond donors (Lipinski definition) is 0. The molecule has 2 unspecified atom stereocenters. The van der Waals surface area contributed by atoms with Crippen LogP contribution in [0.4, 0.5) is 5.82 Å². The summed E-state index contributed by atoms with van der Waals surface area (Å²) in [5, 5.41) is 1.33. The number of halogens is 1. The van der Waals surface area contributed by atoms with Crippen LogP contribution in [0.3, 0.4) is 0 Å². The van der Waals surface area contributed by atoms with Crippen molar-refractivity contribution in [3.63, 3.8) is 0 Å². The summed E-state index contributed by atoms with van der Waals surface area (Å²) in [5.74, 6) is 0.901. The minimum Gasteiger partial charge on any atom is -0.372 e. The Morgan fingerprint density at radius 1 is 1.16 bits per heavy atom. The highest BCUT2D eigenvalue weighted by Crippen LogP contribution is 2.27. The first kappa shape index (κ1) is 12.6. The van der Waals surface area contributed by atoms with Crippen LogP contribution in [0.15, 0.2) is 24.3 Å². The minimum atomic E-state index is 0.191. The summed E-state index contributed by atoms with van der Waals surface area (Å²) in [5.41, 5.74) is 0.879. The molecule has 2 aromatic rings. The Morgan fingerprint density at radius 3 is 2.58 bits per heavy atom. The Labute approximate surface area is 117 Å². The van der Waals surface area contributed by atoms with Crippen LogP contribution in [-0.4, -0.2) is 35.3 Å². The van der Waals surface area contributed by atoms with E-state index in [9.17, 15) is 0 Å². The van der Waals surface area contributed by atoms with Crippen molar-refractivity contribution in [2.45, 2.75) is 26.1 Å². The SMILES string of the molecule is CC1CN(c2nc(Cl)nc3ccccc23)CC(C)O1. The van der Waals surface area contributed by atoms with Gasteiger partial charge in [-0.3, -0.25) is 0 Å². The number of nitrogens with zero attached hydrogens (tertiary/aromatic N) is 3. The van der Waals surface area contributed by atoms with Gasteiger partial charge in [-0.25, -0.2) is 4.98 Å². The van der Waals surface area contributed by atoms with Crippen LogP contribution in [-0.2, 0) is 4.74 Å². The molecule has 0 aliphatic carbocycles. The molecular weight excluding hydrogens is 262 g/mol. The van der Waals surface area contributed by atoms with E-state index in [0.29, 0.717) is 5.28 Å². The Bertz CT molecular complexity index is 594. The standard InChI is InChI=1S/C14H16ClN3O/c1-9-7-18(8-10(2)19-9)13-11-5-3-4-6-12(11)16-14(15)17-13/h3-6,9-10H,7-8H2,1-2H3. The monoisotopic (exact) mass is 277 g/mol. The molecule has 1 aromatic heterocycles. The number of ether oxygens (including phenoxy) is 1. The molecule has 3 rings (SSSR count). The molecule has 2 atom stereocenters. The molecule has 1 aliphatic heterocycles. The number of rotatable bonds is 1. The molecule has 1 aromatic carbocycles. The number of hydrogen-bond acceptors (Lipinski definition) is 4. The van der Waals surface area contributed by atoms with Gasteiger partial charge in [-0.1, -0.05) is 12.1 Å². The fraction of sp³-hybridized carbons (Fsp3) is 0.429. The van der Waals surface area contributed by atoms with Gasteiger partial charge in [0.2, 0.25) is 5.28 Å². The summed E-state index contributed by atoms with van der Waals surface area (Å²) < 4.78 is 5.76. The smallest absolute Gasteiger partial charge is 0.224 e. The Kier molecular flexibility index (Phi) is 3.29. The highest BCUT2D eigenvalue weighted by Gasteiger charge is 2.24. The summed E-state index contributed by atoms with van der Waals surface area (Å²) >= 11 is 6.04. The van der Waals surface area contributed by atoms with E-state index < -0.39 is 0 Å². The molecular formula is C14H16ClN3O. The van der Waals surface area contributed by atoms with Gasteiger partial charge in [-0.15, -0.1) is 0 Å². The van der Waals surface area contributed by atoms with Gasteiger partial charge in [0.1, 0.15) is 5.82 Å². The molecule has 0 amide bonds. The number of benzene rings is 1. The van der Waals surface area contributed by atoms with Gasteiger partial charge < -0.3 is 9.64 Å². The van der Waals surface area contributed by atoms with Crippen LogP contribution in [0.5, 0.6) is 0 Å². The fourth-order valence-electron chi connectivity index (χ4n) is 2.62. The van der Waals surface area contributed by atoms with E-state index in [1.54, 1.807) is 0 Å². The van der Waals surface area contributed by atoms with E-state index in [-0.39, 0.29) is 12.2 Å². The van der Waals surface area contributed by atoms with Gasteiger partial charge in [0.25, 0.3) is 0 Å². The van der Waals surface area contributed by atoms with Gasteiger partial charge in [0.05, 0.1) is 17.7 Å². The lowest BCUT2D eigenvalue weighted by Gasteiger charge is -2.36. The molecule has 1 aliphatic rings. The van der Waals surface area contributed by atoms with Gasteiger partial charge in [0, 0.05) is 18.5 Å². The maximum Gasteiger partial charge on any atom is 0.224 e. The largest absolute Gasteiger partial charge is 0.372 e. The van der Waals surface area contributed by atoms with Gasteiger partial charge in [-0.2, -0.15) is 4.98 Å². The quantitative estimate of drug-likeness (QED) is 0.751. The Balaban J connectivity index is 2.08. The number of para-hydroxylation sites is 1. The highest BCUT2D eigenvalue weighted by atomic mass is 35.5. The molecule has 0 saturated carbocycles. The molecule has 1 saturated heterocycles. The van der Waals surface area contributed by atoms with E-state index in [0.717, 1.165) is 29.8 Å². The molecule has 100 valence electrons. The maximum absolute atomic E-state index is 6.04. The van der Waals surface area contributed by atoms with Crippen LogP contribution in [0, 0.1) is 0 Å². The van der Waals surface area contributed by atoms with E-state index >= 15 is 0 Å². The van der Waals surface area contributed by atoms with E-state index in [4.69, 9.17) is 16.3 Å². The molecule has 0 radical (unpaired) electrons.